The smallest absolute Gasteiger partial charge is 0.250 e. The van der Waals surface area contributed by atoms with Crippen molar-refractivity contribution >= 4 is 52.5 Å². The number of nitrogens with zero attached hydrogens (tertiary/aromatic N) is 3. The van der Waals surface area contributed by atoms with E-state index in [0.717, 1.165) is 0 Å². The van der Waals surface area contributed by atoms with Gasteiger partial charge in [-0.1, -0.05) is 46.6 Å². The zero-order valence-electron chi connectivity index (χ0n) is 6.46. The van der Waals surface area contributed by atoms with Crippen LogP contribution in [0.2, 0.25) is 0 Å². The van der Waals surface area contributed by atoms with Crippen molar-refractivity contribution in [2.45, 2.75) is 8.95 Å². The van der Waals surface area contributed by atoms with Gasteiger partial charge in [-0.15, -0.1) is 0 Å². The second-order valence-electron chi connectivity index (χ2n) is 2.00. The van der Waals surface area contributed by atoms with Crippen molar-refractivity contribution in [2.75, 3.05) is 12.0 Å². The fourth-order valence-electron chi connectivity index (χ4n) is 0.590. The molecule has 0 radical (unpaired) electrons. The van der Waals surface area contributed by atoms with Crippen molar-refractivity contribution in [3.8, 4) is 0 Å². The van der Waals surface area contributed by atoms with Gasteiger partial charge in [0, 0.05) is 0 Å². The fraction of sp³-hybridized carbons (Fsp3) is 0.400. The molecule has 0 saturated carbocycles. The summed E-state index contributed by atoms with van der Waals surface area (Å²) in [6.45, 7) is 0. The molecule has 1 aromatic heterocycles. The summed E-state index contributed by atoms with van der Waals surface area (Å²) in [7, 11) is 0. The van der Waals surface area contributed by atoms with E-state index in [0.29, 0.717) is 5.16 Å². The van der Waals surface area contributed by atoms with Crippen LogP contribution in [0.25, 0.3) is 0 Å². The zero-order valence-corrected chi connectivity index (χ0v) is 9.55. The number of anilines is 1. The molecule has 0 aliphatic carbocycles. The lowest BCUT2D eigenvalue weighted by Gasteiger charge is -2.09. The summed E-state index contributed by atoms with van der Waals surface area (Å²) in [5.74, 6) is 0.0787. The van der Waals surface area contributed by atoms with Gasteiger partial charge in [-0.25, -0.2) is 4.98 Å². The average molecular weight is 260 g/mol. The maximum absolute atomic E-state index is 5.57. The van der Waals surface area contributed by atoms with Crippen molar-refractivity contribution in [3.63, 3.8) is 0 Å². The Morgan fingerprint density at radius 3 is 2.31 bits per heavy atom. The second kappa shape index (κ2) is 4.04. The van der Waals surface area contributed by atoms with Crippen molar-refractivity contribution in [3.05, 3.63) is 5.82 Å². The predicted molar refractivity (Wildman–Crippen MR) is 55.3 cm³/mol. The minimum absolute atomic E-state index is 0.0364. The molecule has 13 heavy (non-hydrogen) atoms. The highest BCUT2D eigenvalue weighted by Gasteiger charge is 2.27. The van der Waals surface area contributed by atoms with Crippen molar-refractivity contribution < 1.29 is 0 Å². The molecule has 0 aromatic carbocycles. The average Bonchev–Trinajstić information content (AvgIpc) is 2.01. The van der Waals surface area contributed by atoms with Gasteiger partial charge in [0.25, 0.3) is 0 Å². The number of alkyl halides is 3. The van der Waals surface area contributed by atoms with E-state index in [1.165, 1.54) is 11.8 Å². The summed E-state index contributed by atoms with van der Waals surface area (Å²) in [6, 6.07) is 0. The molecule has 0 aliphatic heterocycles. The molecule has 72 valence electrons. The van der Waals surface area contributed by atoms with Crippen LogP contribution in [0.1, 0.15) is 5.82 Å². The van der Waals surface area contributed by atoms with Crippen LogP contribution in [0.15, 0.2) is 5.16 Å². The van der Waals surface area contributed by atoms with Crippen LogP contribution in [0.4, 0.5) is 5.95 Å². The number of nitrogen functional groups attached to an aromatic ring is 1. The van der Waals surface area contributed by atoms with E-state index < -0.39 is 3.79 Å². The largest absolute Gasteiger partial charge is 0.368 e. The van der Waals surface area contributed by atoms with Gasteiger partial charge in [0.05, 0.1) is 0 Å². The highest BCUT2D eigenvalue weighted by Crippen LogP contribution is 2.36. The number of aromatic nitrogens is 3. The Morgan fingerprint density at radius 2 is 1.85 bits per heavy atom. The molecule has 8 heteroatoms. The fourth-order valence-corrected chi connectivity index (χ4v) is 1.21. The van der Waals surface area contributed by atoms with Crippen LogP contribution in [-0.4, -0.2) is 21.2 Å². The Morgan fingerprint density at radius 1 is 1.23 bits per heavy atom. The maximum atomic E-state index is 5.57. The van der Waals surface area contributed by atoms with Crippen LogP contribution in [-0.2, 0) is 3.79 Å². The number of halogens is 3. The van der Waals surface area contributed by atoms with Gasteiger partial charge in [0.15, 0.2) is 11.0 Å². The predicted octanol–water partition coefficient (Wildman–Crippen LogP) is 2.00. The van der Waals surface area contributed by atoms with Gasteiger partial charge in [0.2, 0.25) is 9.74 Å². The minimum Gasteiger partial charge on any atom is -0.368 e. The van der Waals surface area contributed by atoms with Gasteiger partial charge < -0.3 is 5.73 Å². The topological polar surface area (TPSA) is 64.7 Å². The summed E-state index contributed by atoms with van der Waals surface area (Å²) in [5, 5.41) is 0.425. The highest BCUT2D eigenvalue weighted by atomic mass is 35.6. The van der Waals surface area contributed by atoms with Crippen LogP contribution in [0.5, 0.6) is 0 Å². The Labute approximate surface area is 94.2 Å². The Bertz CT molecular complexity index is 313. The van der Waals surface area contributed by atoms with Gasteiger partial charge in [0.1, 0.15) is 0 Å². The molecule has 1 heterocycles. The van der Waals surface area contributed by atoms with E-state index in [-0.39, 0.29) is 11.8 Å². The van der Waals surface area contributed by atoms with Crippen LogP contribution in [0.3, 0.4) is 0 Å². The van der Waals surface area contributed by atoms with Crippen LogP contribution >= 0.6 is 46.6 Å². The van der Waals surface area contributed by atoms with E-state index in [1.807, 2.05) is 0 Å². The molecule has 0 bridgehead atoms. The summed E-state index contributed by atoms with van der Waals surface area (Å²) in [4.78, 5) is 11.4. The van der Waals surface area contributed by atoms with E-state index >= 15 is 0 Å². The third kappa shape index (κ3) is 3.02. The summed E-state index contributed by atoms with van der Waals surface area (Å²) >= 11 is 18.0. The number of hydrogen-bond donors (Lipinski definition) is 1. The van der Waals surface area contributed by atoms with Crippen LogP contribution in [0, 0.1) is 0 Å². The lowest BCUT2D eigenvalue weighted by Crippen LogP contribution is -2.11. The number of hydrogen-bond acceptors (Lipinski definition) is 5. The first-order valence-electron chi connectivity index (χ1n) is 3.06. The lowest BCUT2D eigenvalue weighted by atomic mass is 10.7. The van der Waals surface area contributed by atoms with Gasteiger partial charge in [-0.2, -0.15) is 9.97 Å². The summed E-state index contributed by atoms with van der Waals surface area (Å²) in [5.41, 5.74) is 5.38. The highest BCUT2D eigenvalue weighted by molar-refractivity contribution is 7.98. The first kappa shape index (κ1) is 11.1. The lowest BCUT2D eigenvalue weighted by molar-refractivity contribution is 0.837. The Kier molecular flexibility index (Phi) is 3.45. The third-order valence-corrected chi connectivity index (χ3v) is 2.12. The molecule has 1 aromatic rings. The minimum atomic E-state index is -1.67. The monoisotopic (exact) mass is 258 g/mol. The molecular weight excluding hydrogens is 255 g/mol. The number of nitrogens with two attached hydrogens (primary N) is 1. The first-order valence-corrected chi connectivity index (χ1v) is 5.42. The Balaban J connectivity index is 3.16. The Hall–Kier alpha value is 0.0300. The van der Waals surface area contributed by atoms with E-state index in [2.05, 4.69) is 15.0 Å². The molecule has 4 nitrogen and oxygen atoms in total. The van der Waals surface area contributed by atoms with Gasteiger partial charge >= 0.3 is 0 Å². The molecule has 0 atom stereocenters. The SMILES string of the molecule is CSc1nc(N)nc(C(Cl)(Cl)Cl)n1. The molecule has 0 spiro atoms. The number of rotatable bonds is 1. The van der Waals surface area contributed by atoms with Crippen LogP contribution < -0.4 is 5.73 Å². The number of thioether (sulfide) groups is 1. The molecule has 2 N–H and O–H groups in total. The van der Waals surface area contributed by atoms with Gasteiger partial charge in [-0.05, 0) is 6.26 Å². The molecule has 0 amide bonds. The first-order chi connectivity index (χ1) is 5.93. The van der Waals surface area contributed by atoms with Crippen molar-refractivity contribution in [1.82, 2.24) is 15.0 Å². The molecular formula is C5H5Cl3N4S. The normalized spacial score (nSPS) is 11.7. The zero-order chi connectivity index (χ0) is 10.1. The maximum Gasteiger partial charge on any atom is 0.250 e. The van der Waals surface area contributed by atoms with E-state index in [9.17, 15) is 0 Å². The van der Waals surface area contributed by atoms with E-state index in [1.54, 1.807) is 6.26 Å². The quantitative estimate of drug-likeness (QED) is 0.617. The third-order valence-electron chi connectivity index (χ3n) is 1.07. The molecule has 0 saturated heterocycles. The second-order valence-corrected chi connectivity index (χ2v) is 5.06. The summed E-state index contributed by atoms with van der Waals surface area (Å²) in [6.07, 6.45) is 1.79. The molecule has 0 fully saturated rings. The van der Waals surface area contributed by atoms with E-state index in [4.69, 9.17) is 40.5 Å². The van der Waals surface area contributed by atoms with Crippen molar-refractivity contribution in [2.24, 2.45) is 0 Å². The van der Waals surface area contributed by atoms with Gasteiger partial charge in [-0.3, -0.25) is 0 Å². The molecule has 0 aliphatic rings. The summed E-state index contributed by atoms with van der Waals surface area (Å²) < 4.78 is -1.67. The standard InChI is InChI=1S/C5H5Cl3N4S/c1-13-4-11-2(5(6,7)8)10-3(9)12-4/h1H3,(H2,9,10,11,12). The van der Waals surface area contributed by atoms with Crippen molar-refractivity contribution in [1.29, 1.82) is 0 Å². The molecule has 1 rings (SSSR count). The molecule has 0 unspecified atom stereocenters.